The number of aromatic hydroxyl groups is 1. The number of azo groups is 1. The zero-order valence-corrected chi connectivity index (χ0v) is 13.9. The van der Waals surface area contributed by atoms with Crippen molar-refractivity contribution in [2.75, 3.05) is 0 Å². The number of benzene rings is 1. The third-order valence-electron chi connectivity index (χ3n) is 4.01. The lowest BCUT2D eigenvalue weighted by Gasteiger charge is -1.95. The third kappa shape index (κ3) is 2.45. The maximum absolute atomic E-state index is 9.91. The molecule has 0 fully saturated rings. The number of fused-ring (bicyclic) bond motifs is 1. The summed E-state index contributed by atoms with van der Waals surface area (Å²) in [5, 5.41) is 26.3. The molecule has 0 aliphatic heterocycles. The molecule has 3 aromatic heterocycles. The molecular formula is C16H15N7O2. The fraction of sp³-hybridized carbons (Fsp3) is 0.188. The Balaban J connectivity index is 1.76. The van der Waals surface area contributed by atoms with Crippen LogP contribution in [-0.4, -0.2) is 29.6 Å². The zero-order valence-electron chi connectivity index (χ0n) is 13.9. The number of aryl methyl sites for hydroxylation is 3. The Labute approximate surface area is 142 Å². The van der Waals surface area contributed by atoms with Gasteiger partial charge in [-0.25, -0.2) is 4.98 Å². The molecule has 0 atom stereocenters. The van der Waals surface area contributed by atoms with Gasteiger partial charge < -0.3 is 14.2 Å². The van der Waals surface area contributed by atoms with Crippen LogP contribution in [0.5, 0.6) is 5.95 Å². The maximum atomic E-state index is 9.91. The first-order chi connectivity index (χ1) is 12.0. The number of para-hydroxylation sites is 2. The van der Waals surface area contributed by atoms with Crippen molar-refractivity contribution in [3.05, 3.63) is 36.0 Å². The summed E-state index contributed by atoms with van der Waals surface area (Å²) in [4.78, 5) is 4.41. The highest BCUT2D eigenvalue weighted by Crippen LogP contribution is 2.38. The molecule has 3 heterocycles. The average molecular weight is 337 g/mol. The molecule has 4 aromatic rings. The summed E-state index contributed by atoms with van der Waals surface area (Å²) in [6.45, 7) is 1.91. The highest BCUT2D eigenvalue weighted by molar-refractivity contribution is 5.78. The number of hydrogen-bond acceptors (Lipinski definition) is 7. The predicted octanol–water partition coefficient (Wildman–Crippen LogP) is 3.39. The van der Waals surface area contributed by atoms with E-state index in [2.05, 4.69) is 25.5 Å². The lowest BCUT2D eigenvalue weighted by atomic mass is 10.2. The van der Waals surface area contributed by atoms with E-state index in [-0.39, 0.29) is 5.69 Å². The summed E-state index contributed by atoms with van der Waals surface area (Å²) < 4.78 is 8.37. The normalized spacial score (nSPS) is 11.8. The van der Waals surface area contributed by atoms with Crippen LogP contribution < -0.4 is 0 Å². The summed E-state index contributed by atoms with van der Waals surface area (Å²) in [5.41, 5.74) is 3.67. The molecule has 1 N–H and O–H groups in total. The van der Waals surface area contributed by atoms with Gasteiger partial charge in [-0.1, -0.05) is 17.3 Å². The van der Waals surface area contributed by atoms with E-state index in [0.717, 1.165) is 16.7 Å². The molecule has 0 amide bonds. The van der Waals surface area contributed by atoms with Gasteiger partial charge in [0, 0.05) is 19.8 Å². The summed E-state index contributed by atoms with van der Waals surface area (Å²) in [6, 6.07) is 9.50. The highest BCUT2D eigenvalue weighted by Gasteiger charge is 2.20. The number of hydrogen-bond donors (Lipinski definition) is 1. The molecule has 4 rings (SSSR count). The Hall–Kier alpha value is -3.49. The van der Waals surface area contributed by atoms with Gasteiger partial charge in [0.2, 0.25) is 5.95 Å². The van der Waals surface area contributed by atoms with Crippen LogP contribution >= 0.6 is 0 Å². The van der Waals surface area contributed by atoms with E-state index >= 15 is 0 Å². The summed E-state index contributed by atoms with van der Waals surface area (Å²) in [5.74, 6) is -0.00854. The largest absolute Gasteiger partial charge is 0.478 e. The Morgan fingerprint density at radius 3 is 2.68 bits per heavy atom. The monoisotopic (exact) mass is 337 g/mol. The van der Waals surface area contributed by atoms with Gasteiger partial charge >= 0.3 is 5.95 Å². The van der Waals surface area contributed by atoms with Crippen LogP contribution in [0.2, 0.25) is 0 Å². The lowest BCUT2D eigenvalue weighted by molar-refractivity contribution is 0.279. The number of aromatic nitrogens is 5. The quantitative estimate of drug-likeness (QED) is 0.577. The van der Waals surface area contributed by atoms with Crippen molar-refractivity contribution in [3.63, 3.8) is 0 Å². The first kappa shape index (κ1) is 15.1. The summed E-state index contributed by atoms with van der Waals surface area (Å²) >= 11 is 0. The topological polar surface area (TPSA) is 107 Å². The van der Waals surface area contributed by atoms with Gasteiger partial charge in [-0.2, -0.15) is 5.10 Å². The van der Waals surface area contributed by atoms with E-state index in [1.165, 1.54) is 0 Å². The van der Waals surface area contributed by atoms with Crippen LogP contribution in [0.3, 0.4) is 0 Å². The molecule has 126 valence electrons. The minimum absolute atomic E-state index is 0.116. The Morgan fingerprint density at radius 1 is 1.16 bits per heavy atom. The number of imidazole rings is 1. The molecule has 0 unspecified atom stereocenters. The molecule has 9 nitrogen and oxygen atoms in total. The standard InChI is InChI=1S/C16H15N7O2/c1-9-8-11(20-23(9)3)13-14(15(24)25-21-13)18-19-16-17-10-6-4-5-7-12(10)22(16)2/h4-8,24H,1-3H3. The van der Waals surface area contributed by atoms with E-state index in [4.69, 9.17) is 4.52 Å². The molecular weight excluding hydrogens is 322 g/mol. The van der Waals surface area contributed by atoms with Crippen LogP contribution in [0.1, 0.15) is 5.69 Å². The molecule has 0 spiro atoms. The summed E-state index contributed by atoms with van der Waals surface area (Å²) in [7, 11) is 3.67. The average Bonchev–Trinajstić information content (AvgIpc) is 3.23. The Morgan fingerprint density at radius 2 is 1.96 bits per heavy atom. The zero-order chi connectivity index (χ0) is 17.6. The predicted molar refractivity (Wildman–Crippen MR) is 90.0 cm³/mol. The van der Waals surface area contributed by atoms with Crippen molar-refractivity contribution in [3.8, 4) is 17.3 Å². The minimum atomic E-state index is -0.416. The maximum Gasteiger partial charge on any atom is 0.337 e. The van der Waals surface area contributed by atoms with E-state index in [9.17, 15) is 5.11 Å². The van der Waals surface area contributed by atoms with Gasteiger partial charge in [-0.05, 0) is 25.1 Å². The second-order valence-corrected chi connectivity index (χ2v) is 5.64. The van der Waals surface area contributed by atoms with E-state index in [1.807, 2.05) is 55.9 Å². The second kappa shape index (κ2) is 5.55. The Bertz CT molecular complexity index is 1080. The lowest BCUT2D eigenvalue weighted by Crippen LogP contribution is -1.92. The van der Waals surface area contributed by atoms with Gasteiger partial charge in [-0.15, -0.1) is 10.2 Å². The van der Waals surface area contributed by atoms with Crippen molar-refractivity contribution in [1.82, 2.24) is 24.5 Å². The van der Waals surface area contributed by atoms with Crippen LogP contribution in [0.25, 0.3) is 22.4 Å². The molecule has 9 heteroatoms. The first-order valence-corrected chi connectivity index (χ1v) is 7.57. The van der Waals surface area contributed by atoms with Crippen molar-refractivity contribution in [2.45, 2.75) is 6.92 Å². The minimum Gasteiger partial charge on any atom is -0.478 e. The molecule has 0 radical (unpaired) electrons. The van der Waals surface area contributed by atoms with Crippen molar-refractivity contribution in [2.24, 2.45) is 24.3 Å². The number of rotatable bonds is 3. The van der Waals surface area contributed by atoms with Crippen molar-refractivity contribution >= 4 is 22.7 Å². The summed E-state index contributed by atoms with van der Waals surface area (Å²) in [6.07, 6.45) is 0. The van der Waals surface area contributed by atoms with Crippen LogP contribution in [0.4, 0.5) is 11.6 Å². The first-order valence-electron chi connectivity index (χ1n) is 7.57. The fourth-order valence-corrected chi connectivity index (χ4v) is 2.53. The highest BCUT2D eigenvalue weighted by atomic mass is 16.5. The molecule has 0 saturated heterocycles. The molecule has 0 aliphatic carbocycles. The Kier molecular flexibility index (Phi) is 3.34. The van der Waals surface area contributed by atoms with Crippen LogP contribution in [0.15, 0.2) is 45.1 Å². The van der Waals surface area contributed by atoms with Gasteiger partial charge in [0.15, 0.2) is 11.4 Å². The van der Waals surface area contributed by atoms with E-state index in [1.54, 1.807) is 4.68 Å². The van der Waals surface area contributed by atoms with E-state index in [0.29, 0.717) is 17.3 Å². The van der Waals surface area contributed by atoms with Crippen LogP contribution in [-0.2, 0) is 14.1 Å². The fourth-order valence-electron chi connectivity index (χ4n) is 2.53. The van der Waals surface area contributed by atoms with Gasteiger partial charge in [0.25, 0.3) is 0 Å². The second-order valence-electron chi connectivity index (χ2n) is 5.64. The third-order valence-corrected chi connectivity index (χ3v) is 4.01. The van der Waals surface area contributed by atoms with Crippen LogP contribution in [0, 0.1) is 6.92 Å². The smallest absolute Gasteiger partial charge is 0.337 e. The number of nitrogens with zero attached hydrogens (tertiary/aromatic N) is 7. The molecule has 25 heavy (non-hydrogen) atoms. The SMILES string of the molecule is Cc1cc(-c2noc(O)c2N=Nc2nc3ccccc3n2C)nn1C. The molecule has 0 saturated carbocycles. The molecule has 0 bridgehead atoms. The molecule has 0 aliphatic rings. The van der Waals surface area contributed by atoms with Gasteiger partial charge in [0.05, 0.1) is 11.0 Å². The van der Waals surface area contributed by atoms with Crippen molar-refractivity contribution in [1.29, 1.82) is 0 Å². The van der Waals surface area contributed by atoms with E-state index < -0.39 is 5.95 Å². The van der Waals surface area contributed by atoms with Gasteiger partial charge in [0.1, 0.15) is 5.69 Å². The van der Waals surface area contributed by atoms with Gasteiger partial charge in [-0.3, -0.25) is 4.68 Å². The molecule has 1 aromatic carbocycles. The van der Waals surface area contributed by atoms with Crippen molar-refractivity contribution < 1.29 is 9.63 Å².